The quantitative estimate of drug-likeness (QED) is 0.878. The van der Waals surface area contributed by atoms with Crippen LogP contribution in [0.4, 0.5) is 0 Å². The topological polar surface area (TPSA) is 61.1 Å². The summed E-state index contributed by atoms with van der Waals surface area (Å²) in [5, 5.41) is 18.2. The maximum absolute atomic E-state index is 12.6. The molecule has 2 aromatic carbocycles. The molecule has 20 heavy (non-hydrogen) atoms. The normalized spacial score (nSPS) is 13.4. The molecule has 2 rings (SSSR count). The first-order chi connectivity index (χ1) is 9.61. The smallest absolute Gasteiger partial charge is 0.144 e. The highest BCUT2D eigenvalue weighted by atomic mass is 32.2. The second-order valence-corrected chi connectivity index (χ2v) is 5.99. The Morgan fingerprint density at radius 1 is 1.20 bits per heavy atom. The summed E-state index contributed by atoms with van der Waals surface area (Å²) in [7, 11) is -1.31. The molecule has 1 unspecified atom stereocenters. The SMILES string of the molecule is Cc1ccc(S(=O)c2ccccc2C[C@@H](O)C#N)cc1. The predicted molar refractivity (Wildman–Crippen MR) is 77.6 cm³/mol. The lowest BCUT2D eigenvalue weighted by Crippen LogP contribution is -2.09. The van der Waals surface area contributed by atoms with Crippen molar-refractivity contribution >= 4 is 10.8 Å². The number of benzene rings is 2. The average molecular weight is 285 g/mol. The van der Waals surface area contributed by atoms with Crippen LogP contribution in [0.1, 0.15) is 11.1 Å². The van der Waals surface area contributed by atoms with Crippen LogP contribution < -0.4 is 0 Å². The van der Waals surface area contributed by atoms with Gasteiger partial charge in [-0.1, -0.05) is 35.9 Å². The molecule has 0 fully saturated rings. The highest BCUT2D eigenvalue weighted by Crippen LogP contribution is 2.21. The lowest BCUT2D eigenvalue weighted by atomic mass is 10.1. The maximum atomic E-state index is 12.6. The fraction of sp³-hybridized carbons (Fsp3) is 0.188. The Labute approximate surface area is 121 Å². The molecule has 0 aliphatic heterocycles. The zero-order valence-electron chi connectivity index (χ0n) is 11.1. The van der Waals surface area contributed by atoms with Gasteiger partial charge in [-0.05, 0) is 30.7 Å². The second-order valence-electron chi connectivity index (χ2n) is 4.54. The molecule has 1 N–H and O–H groups in total. The Morgan fingerprint density at radius 2 is 1.85 bits per heavy atom. The third-order valence-electron chi connectivity index (χ3n) is 2.97. The third-order valence-corrected chi connectivity index (χ3v) is 4.47. The minimum absolute atomic E-state index is 0.185. The molecule has 0 saturated heterocycles. The molecule has 4 heteroatoms. The highest BCUT2D eigenvalue weighted by Gasteiger charge is 2.14. The predicted octanol–water partition coefficient (Wildman–Crippen LogP) is 2.59. The molecule has 0 aliphatic rings. The summed E-state index contributed by atoms with van der Waals surface area (Å²) >= 11 is 0. The van der Waals surface area contributed by atoms with Gasteiger partial charge in [-0.15, -0.1) is 0 Å². The largest absolute Gasteiger partial charge is 0.378 e. The van der Waals surface area contributed by atoms with Gasteiger partial charge >= 0.3 is 0 Å². The van der Waals surface area contributed by atoms with E-state index < -0.39 is 16.9 Å². The van der Waals surface area contributed by atoms with Crippen molar-refractivity contribution in [3.8, 4) is 6.07 Å². The Kier molecular flexibility index (Phi) is 4.67. The number of nitriles is 1. The minimum atomic E-state index is -1.31. The van der Waals surface area contributed by atoms with Crippen molar-refractivity contribution < 1.29 is 9.32 Å². The molecule has 0 radical (unpaired) electrons. The van der Waals surface area contributed by atoms with Gasteiger partial charge in [0.15, 0.2) is 0 Å². The lowest BCUT2D eigenvalue weighted by Gasteiger charge is -2.10. The van der Waals surface area contributed by atoms with Crippen molar-refractivity contribution in [3.63, 3.8) is 0 Å². The summed E-state index contributed by atoms with van der Waals surface area (Å²) in [6, 6.07) is 16.5. The van der Waals surface area contributed by atoms with Gasteiger partial charge in [0.2, 0.25) is 0 Å². The maximum Gasteiger partial charge on any atom is 0.144 e. The molecule has 0 aromatic heterocycles. The van der Waals surface area contributed by atoms with Crippen molar-refractivity contribution in [1.29, 1.82) is 5.26 Å². The average Bonchev–Trinajstić information content (AvgIpc) is 2.48. The molecule has 0 amide bonds. The number of aryl methyl sites for hydroxylation is 1. The Hall–Kier alpha value is -1.96. The molecular formula is C16H15NO2S. The molecular weight excluding hydrogens is 270 g/mol. The van der Waals surface area contributed by atoms with E-state index in [-0.39, 0.29) is 6.42 Å². The van der Waals surface area contributed by atoms with Crippen LogP contribution in [0, 0.1) is 18.3 Å². The van der Waals surface area contributed by atoms with Crippen LogP contribution in [0.15, 0.2) is 58.3 Å². The Bertz CT molecular complexity index is 659. The van der Waals surface area contributed by atoms with E-state index >= 15 is 0 Å². The summed E-state index contributed by atoms with van der Waals surface area (Å²) in [6.07, 6.45) is -0.893. The standard InChI is InChI=1S/C16H15NO2S/c1-12-6-8-15(9-7-12)20(19)16-5-3-2-4-13(16)10-14(18)11-17/h2-9,14,18H,10H2,1H3/t14-,20?/m1/s1. The van der Waals surface area contributed by atoms with Crippen LogP contribution in [0.3, 0.4) is 0 Å². The highest BCUT2D eigenvalue weighted by molar-refractivity contribution is 7.85. The van der Waals surface area contributed by atoms with Crippen LogP contribution in [0.5, 0.6) is 0 Å². The molecule has 0 spiro atoms. The van der Waals surface area contributed by atoms with E-state index in [9.17, 15) is 9.32 Å². The fourth-order valence-corrected chi connectivity index (χ4v) is 3.12. The molecule has 0 aliphatic carbocycles. The first-order valence-corrected chi connectivity index (χ1v) is 7.41. The van der Waals surface area contributed by atoms with Crippen molar-refractivity contribution in [2.45, 2.75) is 29.2 Å². The summed E-state index contributed by atoms with van der Waals surface area (Å²) < 4.78 is 12.6. The minimum Gasteiger partial charge on any atom is -0.378 e. The number of hydrogen-bond donors (Lipinski definition) is 1. The van der Waals surface area contributed by atoms with Crippen molar-refractivity contribution in [3.05, 3.63) is 59.7 Å². The Morgan fingerprint density at radius 3 is 2.50 bits per heavy atom. The molecule has 0 heterocycles. The van der Waals surface area contributed by atoms with E-state index in [1.807, 2.05) is 43.3 Å². The van der Waals surface area contributed by atoms with Crippen LogP contribution in [-0.4, -0.2) is 15.4 Å². The first kappa shape index (κ1) is 14.4. The van der Waals surface area contributed by atoms with E-state index in [1.165, 1.54) is 0 Å². The van der Waals surface area contributed by atoms with Crippen LogP contribution >= 0.6 is 0 Å². The van der Waals surface area contributed by atoms with E-state index in [4.69, 9.17) is 5.26 Å². The molecule has 2 atom stereocenters. The van der Waals surface area contributed by atoms with Gasteiger partial charge in [0.1, 0.15) is 6.10 Å². The van der Waals surface area contributed by atoms with Crippen molar-refractivity contribution in [1.82, 2.24) is 0 Å². The molecule has 2 aromatic rings. The molecule has 3 nitrogen and oxygen atoms in total. The number of rotatable bonds is 4. The number of hydrogen-bond acceptors (Lipinski definition) is 3. The first-order valence-electron chi connectivity index (χ1n) is 6.26. The Balaban J connectivity index is 2.35. The van der Waals surface area contributed by atoms with Crippen molar-refractivity contribution in [2.75, 3.05) is 0 Å². The summed E-state index contributed by atoms with van der Waals surface area (Å²) in [6.45, 7) is 1.98. The van der Waals surface area contributed by atoms with Gasteiger partial charge in [-0.25, -0.2) is 4.21 Å². The van der Waals surface area contributed by atoms with E-state index in [1.54, 1.807) is 18.2 Å². The summed E-state index contributed by atoms with van der Waals surface area (Å²) in [4.78, 5) is 1.36. The summed E-state index contributed by atoms with van der Waals surface area (Å²) in [5.41, 5.74) is 1.85. The van der Waals surface area contributed by atoms with Gasteiger partial charge in [-0.3, -0.25) is 0 Å². The van der Waals surface area contributed by atoms with Crippen LogP contribution in [-0.2, 0) is 17.2 Å². The number of nitrogens with zero attached hydrogens (tertiary/aromatic N) is 1. The molecule has 0 saturated carbocycles. The second kappa shape index (κ2) is 6.47. The monoisotopic (exact) mass is 285 g/mol. The zero-order chi connectivity index (χ0) is 14.5. The number of aliphatic hydroxyl groups excluding tert-OH is 1. The van der Waals surface area contributed by atoms with Crippen LogP contribution in [0.2, 0.25) is 0 Å². The van der Waals surface area contributed by atoms with Crippen molar-refractivity contribution in [2.24, 2.45) is 0 Å². The van der Waals surface area contributed by atoms with Gasteiger partial charge in [-0.2, -0.15) is 5.26 Å². The lowest BCUT2D eigenvalue weighted by molar-refractivity contribution is 0.230. The fourth-order valence-electron chi connectivity index (χ4n) is 1.90. The zero-order valence-corrected chi connectivity index (χ0v) is 11.9. The molecule has 0 bridgehead atoms. The van der Waals surface area contributed by atoms with E-state index in [2.05, 4.69) is 0 Å². The van der Waals surface area contributed by atoms with Crippen LogP contribution in [0.25, 0.3) is 0 Å². The van der Waals surface area contributed by atoms with Gasteiger partial charge in [0.05, 0.1) is 16.9 Å². The number of aliphatic hydroxyl groups is 1. The van der Waals surface area contributed by atoms with Gasteiger partial charge in [0.25, 0.3) is 0 Å². The van der Waals surface area contributed by atoms with Gasteiger partial charge < -0.3 is 5.11 Å². The van der Waals surface area contributed by atoms with Gasteiger partial charge in [0, 0.05) is 16.2 Å². The summed E-state index contributed by atoms with van der Waals surface area (Å²) in [5.74, 6) is 0. The molecule has 102 valence electrons. The van der Waals surface area contributed by atoms with E-state index in [0.717, 1.165) is 16.0 Å². The third kappa shape index (κ3) is 3.32. The van der Waals surface area contributed by atoms with E-state index in [0.29, 0.717) is 4.90 Å².